The first kappa shape index (κ1) is 20.2. The fourth-order valence-corrected chi connectivity index (χ4v) is 3.06. The van der Waals surface area contributed by atoms with Crippen LogP contribution in [0.3, 0.4) is 0 Å². The number of rotatable bonds is 7. The summed E-state index contributed by atoms with van der Waals surface area (Å²) in [6, 6.07) is 4.78. The Labute approximate surface area is 133 Å². The number of halogens is 1. The lowest BCUT2D eigenvalue weighted by Gasteiger charge is -2.26. The van der Waals surface area contributed by atoms with Crippen LogP contribution in [-0.2, 0) is 10.0 Å². The van der Waals surface area contributed by atoms with Crippen molar-refractivity contribution in [3.63, 3.8) is 0 Å². The van der Waals surface area contributed by atoms with Gasteiger partial charge in [-0.15, -0.1) is 12.4 Å². The fraction of sp³-hybridized carbons (Fsp3) is 0.571. The smallest absolute Gasteiger partial charge is 0.240 e. The molecular formula is C14H25ClN2O3S. The predicted molar refractivity (Wildman–Crippen MR) is 87.7 cm³/mol. The van der Waals surface area contributed by atoms with Crippen molar-refractivity contribution in [1.82, 2.24) is 4.72 Å². The SMILES string of the molecule is CCC(N)(CC)CNS(=O)(=O)c1ccc(OC)c(C)c1.Cl. The molecule has 1 aromatic carbocycles. The summed E-state index contributed by atoms with van der Waals surface area (Å²) in [6.07, 6.45) is 1.43. The summed E-state index contributed by atoms with van der Waals surface area (Å²) in [4.78, 5) is 0.227. The Kier molecular flexibility index (Phi) is 7.67. The molecule has 0 bridgehead atoms. The van der Waals surface area contributed by atoms with Gasteiger partial charge in [0.05, 0.1) is 12.0 Å². The van der Waals surface area contributed by atoms with Crippen LogP contribution in [0.25, 0.3) is 0 Å². The zero-order chi connectivity index (χ0) is 15.4. The minimum absolute atomic E-state index is 0. The van der Waals surface area contributed by atoms with E-state index in [1.807, 2.05) is 20.8 Å². The topological polar surface area (TPSA) is 81.4 Å². The molecule has 0 aliphatic heterocycles. The second kappa shape index (κ2) is 7.98. The monoisotopic (exact) mass is 336 g/mol. The molecule has 0 amide bonds. The maximum absolute atomic E-state index is 12.3. The van der Waals surface area contributed by atoms with Crippen molar-refractivity contribution in [2.24, 2.45) is 5.73 Å². The van der Waals surface area contributed by atoms with Crippen molar-refractivity contribution in [2.75, 3.05) is 13.7 Å². The molecule has 0 atom stereocenters. The minimum atomic E-state index is -3.55. The van der Waals surface area contributed by atoms with Crippen LogP contribution in [0.5, 0.6) is 5.75 Å². The molecule has 0 aliphatic rings. The van der Waals surface area contributed by atoms with Crippen molar-refractivity contribution in [3.05, 3.63) is 23.8 Å². The highest BCUT2D eigenvalue weighted by atomic mass is 35.5. The highest BCUT2D eigenvalue weighted by Gasteiger charge is 2.24. The van der Waals surface area contributed by atoms with E-state index in [2.05, 4.69) is 4.72 Å². The number of benzene rings is 1. The summed E-state index contributed by atoms with van der Waals surface area (Å²) in [6.45, 7) is 5.95. The van der Waals surface area contributed by atoms with Gasteiger partial charge in [-0.3, -0.25) is 0 Å². The molecule has 7 heteroatoms. The number of methoxy groups -OCH3 is 1. The first-order valence-electron chi connectivity index (χ1n) is 6.71. The molecule has 1 aromatic rings. The summed E-state index contributed by atoms with van der Waals surface area (Å²) in [5.74, 6) is 0.666. The van der Waals surface area contributed by atoms with E-state index in [-0.39, 0.29) is 23.8 Å². The number of nitrogens with two attached hydrogens (primary N) is 1. The van der Waals surface area contributed by atoms with Gasteiger partial charge in [-0.05, 0) is 43.5 Å². The highest BCUT2D eigenvalue weighted by molar-refractivity contribution is 7.89. The molecule has 3 N–H and O–H groups in total. The molecule has 5 nitrogen and oxygen atoms in total. The lowest BCUT2D eigenvalue weighted by atomic mass is 9.95. The summed E-state index contributed by atoms with van der Waals surface area (Å²) in [5.41, 5.74) is 6.38. The lowest BCUT2D eigenvalue weighted by Crippen LogP contribution is -2.49. The zero-order valence-electron chi connectivity index (χ0n) is 13.0. The van der Waals surface area contributed by atoms with E-state index in [0.29, 0.717) is 18.6 Å². The van der Waals surface area contributed by atoms with Gasteiger partial charge in [0.2, 0.25) is 10.0 Å². The molecule has 0 fully saturated rings. The molecule has 0 heterocycles. The molecular weight excluding hydrogens is 312 g/mol. The largest absolute Gasteiger partial charge is 0.496 e. The van der Waals surface area contributed by atoms with Crippen LogP contribution < -0.4 is 15.2 Å². The maximum atomic E-state index is 12.3. The summed E-state index contributed by atoms with van der Waals surface area (Å²) in [7, 11) is -1.99. The van der Waals surface area contributed by atoms with Crippen molar-refractivity contribution < 1.29 is 13.2 Å². The third-order valence-corrected chi connectivity index (χ3v) is 5.10. The Bertz CT molecular complexity index is 557. The van der Waals surface area contributed by atoms with Crippen molar-refractivity contribution in [1.29, 1.82) is 0 Å². The van der Waals surface area contributed by atoms with Crippen LogP contribution in [0.2, 0.25) is 0 Å². The number of nitrogens with one attached hydrogen (secondary N) is 1. The first-order valence-corrected chi connectivity index (χ1v) is 8.19. The normalized spacial score (nSPS) is 11.9. The van der Waals surface area contributed by atoms with E-state index >= 15 is 0 Å². The zero-order valence-corrected chi connectivity index (χ0v) is 14.6. The minimum Gasteiger partial charge on any atom is -0.496 e. The number of sulfonamides is 1. The van der Waals surface area contributed by atoms with Crippen LogP contribution in [0.1, 0.15) is 32.3 Å². The van der Waals surface area contributed by atoms with Crippen LogP contribution >= 0.6 is 12.4 Å². The third kappa shape index (κ3) is 5.14. The van der Waals surface area contributed by atoms with Gasteiger partial charge in [0.15, 0.2) is 0 Å². The average molecular weight is 337 g/mol. The van der Waals surface area contributed by atoms with E-state index in [4.69, 9.17) is 10.5 Å². The third-order valence-electron chi connectivity index (χ3n) is 3.70. The van der Waals surface area contributed by atoms with Gasteiger partial charge in [0, 0.05) is 12.1 Å². The maximum Gasteiger partial charge on any atom is 0.240 e. The van der Waals surface area contributed by atoms with Gasteiger partial charge in [0.25, 0.3) is 0 Å². The molecule has 21 heavy (non-hydrogen) atoms. The summed E-state index contributed by atoms with van der Waals surface area (Å²) < 4.78 is 32.2. The second-order valence-corrected chi connectivity index (χ2v) is 6.79. The second-order valence-electron chi connectivity index (χ2n) is 5.03. The number of hydrogen-bond acceptors (Lipinski definition) is 4. The van der Waals surface area contributed by atoms with E-state index in [9.17, 15) is 8.42 Å². The van der Waals surface area contributed by atoms with Gasteiger partial charge < -0.3 is 10.5 Å². The number of aryl methyl sites for hydroxylation is 1. The number of ether oxygens (including phenoxy) is 1. The van der Waals surface area contributed by atoms with Crippen LogP contribution in [-0.4, -0.2) is 27.6 Å². The van der Waals surface area contributed by atoms with Gasteiger partial charge >= 0.3 is 0 Å². The van der Waals surface area contributed by atoms with Crippen LogP contribution in [0, 0.1) is 6.92 Å². The molecule has 122 valence electrons. The van der Waals surface area contributed by atoms with E-state index in [1.54, 1.807) is 19.2 Å². The summed E-state index contributed by atoms with van der Waals surface area (Å²) >= 11 is 0. The molecule has 0 saturated heterocycles. The molecule has 0 unspecified atom stereocenters. The highest BCUT2D eigenvalue weighted by Crippen LogP contribution is 2.21. The lowest BCUT2D eigenvalue weighted by molar-refractivity contribution is 0.391. The Morgan fingerprint density at radius 2 is 1.86 bits per heavy atom. The van der Waals surface area contributed by atoms with Gasteiger partial charge in [-0.25, -0.2) is 13.1 Å². The van der Waals surface area contributed by atoms with Crippen LogP contribution in [0.15, 0.2) is 23.1 Å². The van der Waals surface area contributed by atoms with E-state index in [0.717, 1.165) is 5.56 Å². The predicted octanol–water partition coefficient (Wildman–Crippen LogP) is 2.22. The van der Waals surface area contributed by atoms with Gasteiger partial charge in [-0.2, -0.15) is 0 Å². The molecule has 0 aliphatic carbocycles. The van der Waals surface area contributed by atoms with Crippen molar-refractivity contribution in [3.8, 4) is 5.75 Å². The van der Waals surface area contributed by atoms with Gasteiger partial charge in [-0.1, -0.05) is 13.8 Å². The van der Waals surface area contributed by atoms with Gasteiger partial charge in [0.1, 0.15) is 5.75 Å². The average Bonchev–Trinajstić information content (AvgIpc) is 2.44. The Morgan fingerprint density at radius 1 is 1.29 bits per heavy atom. The molecule has 0 spiro atoms. The Balaban J connectivity index is 0.00000400. The number of hydrogen-bond donors (Lipinski definition) is 2. The Hall–Kier alpha value is -0.820. The Morgan fingerprint density at radius 3 is 2.29 bits per heavy atom. The first-order chi connectivity index (χ1) is 9.28. The molecule has 0 aromatic heterocycles. The van der Waals surface area contributed by atoms with Crippen LogP contribution in [0.4, 0.5) is 0 Å². The quantitative estimate of drug-likeness (QED) is 0.800. The standard InChI is InChI=1S/C14H24N2O3S.ClH/c1-5-14(15,6-2)10-16-20(17,18)12-7-8-13(19-4)11(3)9-12;/h7-9,16H,5-6,10,15H2,1-4H3;1H. The van der Waals surface area contributed by atoms with E-state index in [1.165, 1.54) is 6.07 Å². The molecule has 1 rings (SSSR count). The van der Waals surface area contributed by atoms with Crippen molar-refractivity contribution in [2.45, 2.75) is 44.0 Å². The van der Waals surface area contributed by atoms with E-state index < -0.39 is 15.6 Å². The molecule has 0 radical (unpaired) electrons. The van der Waals surface area contributed by atoms with Crippen molar-refractivity contribution >= 4 is 22.4 Å². The fourth-order valence-electron chi connectivity index (χ4n) is 1.84. The summed E-state index contributed by atoms with van der Waals surface area (Å²) in [5, 5.41) is 0. The molecule has 0 saturated carbocycles.